The number of pyridine rings is 2. The molecule has 5 aromatic heterocycles. The summed E-state index contributed by atoms with van der Waals surface area (Å²) in [6, 6.07) is 33.6. The molecular weight excluding hydrogens is 655 g/mol. The van der Waals surface area contributed by atoms with Crippen molar-refractivity contribution in [2.75, 3.05) is 0 Å². The summed E-state index contributed by atoms with van der Waals surface area (Å²) < 4.78 is 12.9. The van der Waals surface area contributed by atoms with Crippen molar-refractivity contribution in [3.05, 3.63) is 162 Å². The minimum absolute atomic E-state index is 0.705. The lowest BCUT2D eigenvalue weighted by Gasteiger charge is -2.14. The maximum Gasteiger partial charge on any atom is 0.168 e. The van der Waals surface area contributed by atoms with Crippen LogP contribution in [0.25, 0.3) is 61.5 Å². The predicted octanol–water partition coefficient (Wildman–Crippen LogP) is 10.6. The topological polar surface area (TPSA) is 75.6 Å². The predicted molar refractivity (Wildman–Crippen MR) is 212 cm³/mol. The van der Waals surface area contributed by atoms with Crippen LogP contribution >= 0.6 is 0 Å². The van der Waals surface area contributed by atoms with Gasteiger partial charge in [0.15, 0.2) is 5.82 Å². The van der Waals surface area contributed by atoms with E-state index < -0.39 is 0 Å². The summed E-state index contributed by atoms with van der Waals surface area (Å²) in [5.74, 6) is 3.08. The van der Waals surface area contributed by atoms with Crippen molar-refractivity contribution in [3.8, 4) is 51.2 Å². The van der Waals surface area contributed by atoms with Gasteiger partial charge in [0.25, 0.3) is 0 Å². The minimum Gasteiger partial charge on any atom is -0.457 e. The van der Waals surface area contributed by atoms with Gasteiger partial charge in [-0.1, -0.05) is 30.3 Å². The number of fused-ring (bicyclic) bond motifs is 3. The second kappa shape index (κ2) is 12.8. The van der Waals surface area contributed by atoms with Gasteiger partial charge in [-0.05, 0) is 123 Å². The van der Waals surface area contributed by atoms with E-state index in [-0.39, 0.29) is 0 Å². The number of imidazole rings is 1. The van der Waals surface area contributed by atoms with Gasteiger partial charge in [0.1, 0.15) is 23.6 Å². The van der Waals surface area contributed by atoms with Gasteiger partial charge in [-0.15, -0.1) is 5.10 Å². The molecular formula is C45H37N7O. The molecule has 258 valence electrons. The molecule has 0 atom stereocenters. The Morgan fingerprint density at radius 2 is 1.45 bits per heavy atom. The van der Waals surface area contributed by atoms with E-state index in [4.69, 9.17) is 14.8 Å². The van der Waals surface area contributed by atoms with E-state index in [2.05, 4.69) is 128 Å². The quantitative estimate of drug-likeness (QED) is 0.166. The van der Waals surface area contributed by atoms with Gasteiger partial charge in [-0.25, -0.2) is 14.6 Å². The lowest BCUT2D eigenvalue weighted by molar-refractivity contribution is 0.482. The average Bonchev–Trinajstić information content (AvgIpc) is 3.90. The fraction of sp³-hybridized carbons (Fsp3) is 0.111. The van der Waals surface area contributed by atoms with Crippen molar-refractivity contribution >= 4 is 21.8 Å². The van der Waals surface area contributed by atoms with Crippen LogP contribution in [0.2, 0.25) is 0 Å². The highest BCUT2D eigenvalue weighted by Gasteiger charge is 2.25. The van der Waals surface area contributed by atoms with E-state index in [1.165, 1.54) is 22.1 Å². The lowest BCUT2D eigenvalue weighted by Crippen LogP contribution is -2.02. The van der Waals surface area contributed by atoms with Crippen LogP contribution in [0, 0.1) is 34.6 Å². The summed E-state index contributed by atoms with van der Waals surface area (Å²) in [6.45, 7) is 10.7. The Balaban J connectivity index is 1.21. The molecule has 0 saturated carbocycles. The highest BCUT2D eigenvalue weighted by Crippen LogP contribution is 2.41. The molecule has 8 heteroatoms. The molecule has 0 amide bonds. The van der Waals surface area contributed by atoms with Crippen LogP contribution in [-0.4, -0.2) is 33.9 Å². The number of benzene rings is 4. The van der Waals surface area contributed by atoms with E-state index in [0.717, 1.165) is 73.0 Å². The van der Waals surface area contributed by atoms with Gasteiger partial charge in [-0.3, -0.25) is 14.1 Å². The van der Waals surface area contributed by atoms with E-state index in [9.17, 15) is 0 Å². The van der Waals surface area contributed by atoms with Gasteiger partial charge in [0.2, 0.25) is 0 Å². The summed E-state index contributed by atoms with van der Waals surface area (Å²) in [7, 11) is 0. The Hall–Kier alpha value is -6.80. The Labute approximate surface area is 307 Å². The Kier molecular flexibility index (Phi) is 7.73. The van der Waals surface area contributed by atoms with E-state index >= 15 is 0 Å². The number of aromatic nitrogens is 7. The number of aryl methyl sites for hydroxylation is 4. The second-order valence-electron chi connectivity index (χ2n) is 13.7. The molecule has 8 nitrogen and oxygen atoms in total. The van der Waals surface area contributed by atoms with Crippen molar-refractivity contribution in [1.82, 2.24) is 33.9 Å². The first-order chi connectivity index (χ1) is 25.8. The van der Waals surface area contributed by atoms with Crippen LogP contribution in [0.3, 0.4) is 0 Å². The zero-order chi connectivity index (χ0) is 36.2. The van der Waals surface area contributed by atoms with E-state index in [0.29, 0.717) is 5.75 Å². The molecule has 0 aliphatic heterocycles. The van der Waals surface area contributed by atoms with Crippen LogP contribution in [0.15, 0.2) is 134 Å². The van der Waals surface area contributed by atoms with Crippen LogP contribution < -0.4 is 4.74 Å². The van der Waals surface area contributed by atoms with Crippen LogP contribution in [0.1, 0.15) is 27.8 Å². The molecule has 0 fully saturated rings. The molecule has 0 N–H and O–H groups in total. The maximum atomic E-state index is 6.72. The number of para-hydroxylation sites is 1. The SMILES string of the molecule is Cc1cc(Oc2ccc3c4ccccc4n(-c4cc(C)ccn4)c3c2)cc(-n2nc(-n3ccnc3)c(-c3cc(C)c(C)c(C)c3)c2-c2cccnc2)c1. The van der Waals surface area contributed by atoms with Crippen LogP contribution in [0.4, 0.5) is 0 Å². The highest BCUT2D eigenvalue weighted by molar-refractivity contribution is 6.09. The molecule has 9 rings (SSSR count). The molecule has 0 aliphatic rings. The highest BCUT2D eigenvalue weighted by atomic mass is 16.5. The molecule has 0 unspecified atom stereocenters. The summed E-state index contributed by atoms with van der Waals surface area (Å²) in [5.41, 5.74) is 12.9. The molecule has 53 heavy (non-hydrogen) atoms. The molecule has 0 saturated heterocycles. The van der Waals surface area contributed by atoms with Crippen LogP contribution in [-0.2, 0) is 0 Å². The number of ether oxygens (including phenoxy) is 1. The summed E-state index contributed by atoms with van der Waals surface area (Å²) in [5, 5.41) is 7.62. The van der Waals surface area contributed by atoms with E-state index in [1.807, 2.05) is 46.0 Å². The fourth-order valence-corrected chi connectivity index (χ4v) is 7.32. The first kappa shape index (κ1) is 32.1. The van der Waals surface area contributed by atoms with Crippen LogP contribution in [0.5, 0.6) is 11.5 Å². The van der Waals surface area contributed by atoms with Crippen molar-refractivity contribution in [2.24, 2.45) is 0 Å². The summed E-state index contributed by atoms with van der Waals surface area (Å²) >= 11 is 0. The summed E-state index contributed by atoms with van der Waals surface area (Å²) in [4.78, 5) is 13.7. The van der Waals surface area contributed by atoms with Crippen molar-refractivity contribution in [3.63, 3.8) is 0 Å². The van der Waals surface area contributed by atoms with Gasteiger partial charge in [0, 0.05) is 59.5 Å². The normalized spacial score (nSPS) is 11.5. The van der Waals surface area contributed by atoms with Crippen molar-refractivity contribution < 1.29 is 4.74 Å². The lowest BCUT2D eigenvalue weighted by atomic mass is 9.94. The third-order valence-electron chi connectivity index (χ3n) is 10.1. The van der Waals surface area contributed by atoms with Gasteiger partial charge < -0.3 is 4.74 Å². The molecule has 0 radical (unpaired) electrons. The summed E-state index contributed by atoms with van der Waals surface area (Å²) in [6.07, 6.45) is 11.1. The Bertz CT molecular complexity index is 2790. The smallest absolute Gasteiger partial charge is 0.168 e. The molecule has 0 bridgehead atoms. The third-order valence-corrected chi connectivity index (χ3v) is 10.1. The molecule has 9 aromatic rings. The zero-order valence-corrected chi connectivity index (χ0v) is 30.2. The molecule has 0 spiro atoms. The zero-order valence-electron chi connectivity index (χ0n) is 30.2. The molecule has 5 heterocycles. The first-order valence-electron chi connectivity index (χ1n) is 17.7. The number of nitrogens with zero attached hydrogens (tertiary/aromatic N) is 7. The molecule has 0 aliphatic carbocycles. The maximum absolute atomic E-state index is 6.72. The number of hydrogen-bond acceptors (Lipinski definition) is 5. The monoisotopic (exact) mass is 691 g/mol. The van der Waals surface area contributed by atoms with Gasteiger partial charge >= 0.3 is 0 Å². The molecule has 4 aromatic carbocycles. The third kappa shape index (κ3) is 5.65. The van der Waals surface area contributed by atoms with Crippen molar-refractivity contribution in [2.45, 2.75) is 34.6 Å². The first-order valence-corrected chi connectivity index (χ1v) is 17.7. The van der Waals surface area contributed by atoms with E-state index in [1.54, 1.807) is 18.7 Å². The fourth-order valence-electron chi connectivity index (χ4n) is 7.32. The van der Waals surface area contributed by atoms with Gasteiger partial charge in [0.05, 0.1) is 28.0 Å². The second-order valence-corrected chi connectivity index (χ2v) is 13.7. The number of rotatable bonds is 7. The van der Waals surface area contributed by atoms with Gasteiger partial charge in [-0.2, -0.15) is 0 Å². The Morgan fingerprint density at radius 1 is 0.623 bits per heavy atom. The largest absolute Gasteiger partial charge is 0.457 e. The van der Waals surface area contributed by atoms with Crippen molar-refractivity contribution in [1.29, 1.82) is 0 Å². The Morgan fingerprint density at radius 3 is 2.23 bits per heavy atom. The minimum atomic E-state index is 0.705. The average molecular weight is 692 g/mol. The standard InChI is InChI=1S/C45H37N7O/c1-28-14-16-48-42(21-28)51-40-11-7-6-10-38(40)39-13-12-36(25-41(39)51)53-37-20-29(2)19-35(24-37)52-44(33-9-8-15-46-26-33)43(45(49-52)50-18-17-47-27-50)34-22-30(3)32(5)31(4)23-34/h6-27H,1-5H3. The number of hydrogen-bond donors (Lipinski definition) is 0.